The molecule has 0 spiro atoms. The number of sulfonamides is 1. The molecule has 11 heteroatoms. The molecule has 0 radical (unpaired) electrons. The van der Waals surface area contributed by atoms with E-state index in [1.54, 1.807) is 49.4 Å². The number of halogens is 1. The second-order valence-electron chi connectivity index (χ2n) is 8.80. The number of hydrogen-bond donors (Lipinski definition) is 1. The average Bonchev–Trinajstić information content (AvgIpc) is 2.94. The Morgan fingerprint density at radius 2 is 1.56 bits per heavy atom. The van der Waals surface area contributed by atoms with Gasteiger partial charge in [0.2, 0.25) is 11.8 Å². The minimum absolute atomic E-state index is 0.0132. The molecule has 0 bridgehead atoms. The molecule has 0 aliphatic rings. The summed E-state index contributed by atoms with van der Waals surface area (Å²) in [5, 5.41) is 3.08. The van der Waals surface area contributed by atoms with Crippen molar-refractivity contribution in [2.24, 2.45) is 0 Å². The molecule has 1 N–H and O–H groups in total. The first-order valence-corrected chi connectivity index (χ1v) is 13.9. The number of ether oxygens (including phenoxy) is 2. The lowest BCUT2D eigenvalue weighted by molar-refractivity contribution is -0.139. The van der Waals surface area contributed by atoms with Crippen LogP contribution in [0.2, 0.25) is 5.02 Å². The number of hydrogen-bond acceptors (Lipinski definition) is 6. The van der Waals surface area contributed by atoms with Gasteiger partial charge in [-0.25, -0.2) is 8.42 Å². The van der Waals surface area contributed by atoms with E-state index in [0.29, 0.717) is 16.5 Å². The summed E-state index contributed by atoms with van der Waals surface area (Å²) in [7, 11) is 0.175. The van der Waals surface area contributed by atoms with E-state index < -0.39 is 34.4 Å². The number of nitrogens with one attached hydrogen (secondary N) is 1. The summed E-state index contributed by atoms with van der Waals surface area (Å²) in [5.74, 6) is -0.274. The molecule has 0 saturated heterocycles. The minimum Gasteiger partial charge on any atom is -0.493 e. The zero-order valence-electron chi connectivity index (χ0n) is 22.5. The summed E-state index contributed by atoms with van der Waals surface area (Å²) in [4.78, 5) is 27.7. The van der Waals surface area contributed by atoms with Gasteiger partial charge in [-0.15, -0.1) is 0 Å². The van der Waals surface area contributed by atoms with Crippen molar-refractivity contribution in [3.05, 3.63) is 82.9 Å². The Hall–Kier alpha value is -3.76. The summed E-state index contributed by atoms with van der Waals surface area (Å²) in [6.45, 7) is 2.93. The summed E-state index contributed by atoms with van der Waals surface area (Å²) in [6, 6.07) is 16.9. The first-order chi connectivity index (χ1) is 18.5. The average molecular weight is 574 g/mol. The number of aryl methyl sites for hydroxylation is 1. The standard InChI is InChI=1S/C28H32ClN3O6S/c1-19-6-13-24(14-7-19)39(35,36)32(23-12-15-25(37-4)26(16-23)38-5)18-27(33)31(20(2)28(34)30-3)17-21-8-10-22(29)11-9-21/h6-16,20H,17-18H2,1-5H3,(H,30,34). The quantitative estimate of drug-likeness (QED) is 0.371. The number of benzene rings is 3. The number of nitrogens with zero attached hydrogens (tertiary/aromatic N) is 2. The van der Waals surface area contributed by atoms with Crippen LogP contribution in [-0.2, 0) is 26.2 Å². The molecule has 39 heavy (non-hydrogen) atoms. The van der Waals surface area contributed by atoms with E-state index in [1.165, 1.54) is 50.4 Å². The van der Waals surface area contributed by atoms with E-state index >= 15 is 0 Å². The minimum atomic E-state index is -4.20. The molecule has 3 aromatic carbocycles. The van der Waals surface area contributed by atoms with Crippen molar-refractivity contribution < 1.29 is 27.5 Å². The van der Waals surface area contributed by atoms with Gasteiger partial charge in [0.05, 0.1) is 24.8 Å². The zero-order chi connectivity index (χ0) is 28.7. The largest absolute Gasteiger partial charge is 0.493 e. The highest BCUT2D eigenvalue weighted by Gasteiger charge is 2.32. The Bertz CT molecular complexity index is 1410. The van der Waals surface area contributed by atoms with Gasteiger partial charge in [0.1, 0.15) is 12.6 Å². The van der Waals surface area contributed by atoms with Gasteiger partial charge in [0.25, 0.3) is 10.0 Å². The summed E-state index contributed by atoms with van der Waals surface area (Å²) >= 11 is 6.01. The highest BCUT2D eigenvalue weighted by molar-refractivity contribution is 7.92. The smallest absolute Gasteiger partial charge is 0.264 e. The van der Waals surface area contributed by atoms with Crippen molar-refractivity contribution in [1.29, 1.82) is 0 Å². The van der Waals surface area contributed by atoms with Gasteiger partial charge < -0.3 is 19.7 Å². The predicted octanol–water partition coefficient (Wildman–Crippen LogP) is 4.02. The Balaban J connectivity index is 2.08. The molecular weight excluding hydrogens is 542 g/mol. The van der Waals surface area contributed by atoms with Gasteiger partial charge in [-0.1, -0.05) is 41.4 Å². The maximum atomic E-state index is 13.9. The lowest BCUT2D eigenvalue weighted by Crippen LogP contribution is -2.50. The Labute approximate surface area is 234 Å². The van der Waals surface area contributed by atoms with Gasteiger partial charge >= 0.3 is 0 Å². The zero-order valence-corrected chi connectivity index (χ0v) is 24.0. The van der Waals surface area contributed by atoms with E-state index in [9.17, 15) is 18.0 Å². The lowest BCUT2D eigenvalue weighted by Gasteiger charge is -2.32. The maximum Gasteiger partial charge on any atom is 0.264 e. The van der Waals surface area contributed by atoms with Crippen LogP contribution in [0, 0.1) is 6.92 Å². The molecule has 1 atom stereocenters. The molecule has 9 nitrogen and oxygen atoms in total. The third-order valence-corrected chi connectivity index (χ3v) is 8.26. The maximum absolute atomic E-state index is 13.9. The topological polar surface area (TPSA) is 105 Å². The van der Waals surface area contributed by atoms with Crippen LogP contribution in [0.4, 0.5) is 5.69 Å². The van der Waals surface area contributed by atoms with Gasteiger partial charge in [-0.05, 0) is 55.8 Å². The van der Waals surface area contributed by atoms with Crippen LogP contribution < -0.4 is 19.1 Å². The SMILES string of the molecule is CNC(=O)C(C)N(Cc1ccc(Cl)cc1)C(=O)CN(c1ccc(OC)c(OC)c1)S(=O)(=O)c1ccc(C)cc1. The van der Waals surface area contributed by atoms with Crippen LogP contribution in [0.5, 0.6) is 11.5 Å². The van der Waals surface area contributed by atoms with Gasteiger partial charge in [0.15, 0.2) is 11.5 Å². The molecule has 208 valence electrons. The second-order valence-corrected chi connectivity index (χ2v) is 11.1. The molecule has 0 aromatic heterocycles. The summed E-state index contributed by atoms with van der Waals surface area (Å²) in [5.41, 5.74) is 1.81. The monoisotopic (exact) mass is 573 g/mol. The van der Waals surface area contributed by atoms with Crippen LogP contribution in [0.1, 0.15) is 18.1 Å². The fourth-order valence-electron chi connectivity index (χ4n) is 3.92. The number of anilines is 1. The Kier molecular flexibility index (Phi) is 9.82. The summed E-state index contributed by atoms with van der Waals surface area (Å²) in [6.07, 6.45) is 0. The Morgan fingerprint density at radius 3 is 2.13 bits per heavy atom. The number of likely N-dealkylation sites (N-methyl/N-ethyl adjacent to an activating group) is 1. The number of amides is 2. The molecule has 1 unspecified atom stereocenters. The van der Waals surface area contributed by atoms with Gasteiger partial charge in [-0.2, -0.15) is 0 Å². The molecule has 3 aromatic rings. The van der Waals surface area contributed by atoms with Crippen molar-refractivity contribution >= 4 is 39.1 Å². The van der Waals surface area contributed by atoms with Crippen LogP contribution in [0.3, 0.4) is 0 Å². The van der Waals surface area contributed by atoms with Crippen molar-refractivity contribution in [3.8, 4) is 11.5 Å². The molecule has 3 rings (SSSR count). The van der Waals surface area contributed by atoms with Gasteiger partial charge in [0, 0.05) is 24.7 Å². The van der Waals surface area contributed by atoms with Gasteiger partial charge in [-0.3, -0.25) is 13.9 Å². The number of carbonyl (C=O) groups excluding carboxylic acids is 2. The molecule has 0 saturated carbocycles. The third-order valence-electron chi connectivity index (χ3n) is 6.22. The number of rotatable bonds is 11. The van der Waals surface area contributed by atoms with E-state index in [-0.39, 0.29) is 17.1 Å². The van der Waals surface area contributed by atoms with Crippen molar-refractivity contribution in [2.45, 2.75) is 31.3 Å². The van der Waals surface area contributed by atoms with E-state index in [0.717, 1.165) is 15.4 Å². The van der Waals surface area contributed by atoms with Crippen molar-refractivity contribution in [1.82, 2.24) is 10.2 Å². The van der Waals surface area contributed by atoms with Crippen LogP contribution in [0.25, 0.3) is 0 Å². The van der Waals surface area contributed by atoms with Crippen LogP contribution in [0.15, 0.2) is 71.6 Å². The molecule has 2 amide bonds. The number of carbonyl (C=O) groups is 2. The lowest BCUT2D eigenvalue weighted by atomic mass is 10.1. The third kappa shape index (κ3) is 7.01. The van der Waals surface area contributed by atoms with E-state index in [4.69, 9.17) is 21.1 Å². The molecule has 0 aliphatic heterocycles. The Morgan fingerprint density at radius 1 is 0.949 bits per heavy atom. The summed E-state index contributed by atoms with van der Waals surface area (Å²) < 4.78 is 39.5. The van der Waals surface area contributed by atoms with Crippen molar-refractivity contribution in [2.75, 3.05) is 32.1 Å². The highest BCUT2D eigenvalue weighted by Crippen LogP contribution is 2.34. The van der Waals surface area contributed by atoms with Crippen LogP contribution >= 0.6 is 11.6 Å². The highest BCUT2D eigenvalue weighted by atomic mass is 35.5. The van der Waals surface area contributed by atoms with E-state index in [1.807, 2.05) is 6.92 Å². The molecule has 0 heterocycles. The first kappa shape index (κ1) is 29.8. The van der Waals surface area contributed by atoms with Crippen molar-refractivity contribution in [3.63, 3.8) is 0 Å². The first-order valence-electron chi connectivity index (χ1n) is 12.1. The molecule has 0 fully saturated rings. The second kappa shape index (κ2) is 12.9. The fraction of sp³-hybridized carbons (Fsp3) is 0.286. The van der Waals surface area contributed by atoms with Crippen LogP contribution in [-0.4, -0.2) is 59.0 Å². The number of methoxy groups -OCH3 is 2. The molecular formula is C28H32ClN3O6S. The normalized spacial score (nSPS) is 11.8. The van der Waals surface area contributed by atoms with E-state index in [2.05, 4.69) is 5.32 Å². The fourth-order valence-corrected chi connectivity index (χ4v) is 5.46. The predicted molar refractivity (Wildman–Crippen MR) is 151 cm³/mol. The molecule has 0 aliphatic carbocycles.